The van der Waals surface area contributed by atoms with Crippen LogP contribution in [0.5, 0.6) is 5.75 Å². The van der Waals surface area contributed by atoms with Gasteiger partial charge in [0, 0.05) is 19.5 Å². The van der Waals surface area contributed by atoms with Crippen molar-refractivity contribution < 1.29 is 14.6 Å². The number of hydrogen-bond acceptors (Lipinski definition) is 3. The fourth-order valence-electron chi connectivity index (χ4n) is 2.66. The number of carbonyl (C=O) groups excluding carboxylic acids is 1. The molecule has 0 bridgehead atoms. The maximum absolute atomic E-state index is 12.6. The first kappa shape index (κ1) is 15.6. The number of carbonyl (C=O) groups is 1. The van der Waals surface area contributed by atoms with E-state index in [4.69, 9.17) is 4.74 Å². The zero-order valence-corrected chi connectivity index (χ0v) is 12.5. The lowest BCUT2D eigenvalue weighted by molar-refractivity contribution is -0.147. The Labute approximate surface area is 126 Å². The summed E-state index contributed by atoms with van der Waals surface area (Å²) >= 11 is 0. The zero-order chi connectivity index (χ0) is 15.3. The van der Waals surface area contributed by atoms with Crippen molar-refractivity contribution in [3.63, 3.8) is 0 Å². The number of likely N-dealkylation sites (tertiary alicyclic amines) is 1. The minimum atomic E-state index is -1.54. The molecule has 1 aliphatic rings. The van der Waals surface area contributed by atoms with Crippen LogP contribution in [0.3, 0.4) is 0 Å². The van der Waals surface area contributed by atoms with Gasteiger partial charge in [0.05, 0.1) is 7.11 Å². The van der Waals surface area contributed by atoms with E-state index >= 15 is 0 Å². The Hall–Kier alpha value is -1.81. The highest BCUT2D eigenvalue weighted by molar-refractivity contribution is 5.87. The number of piperidine rings is 1. The van der Waals surface area contributed by atoms with Gasteiger partial charge in [-0.3, -0.25) is 4.79 Å². The number of rotatable bonds is 5. The number of aliphatic hydroxyl groups is 1. The van der Waals surface area contributed by atoms with Gasteiger partial charge < -0.3 is 14.7 Å². The molecule has 4 heteroatoms. The summed E-state index contributed by atoms with van der Waals surface area (Å²) in [6.45, 7) is 5.10. The molecule has 1 heterocycles. The average molecular weight is 289 g/mol. The molecule has 1 aromatic carbocycles. The van der Waals surface area contributed by atoms with Crippen LogP contribution in [-0.2, 0) is 11.2 Å². The smallest absolute Gasteiger partial charge is 0.258 e. The zero-order valence-electron chi connectivity index (χ0n) is 12.5. The van der Waals surface area contributed by atoms with Gasteiger partial charge in [-0.2, -0.15) is 0 Å². The minimum Gasteiger partial charge on any atom is -0.497 e. The number of benzene rings is 1. The molecule has 0 aromatic heterocycles. The molecule has 1 saturated heterocycles. The van der Waals surface area contributed by atoms with Crippen molar-refractivity contribution in [2.24, 2.45) is 0 Å². The molecule has 21 heavy (non-hydrogen) atoms. The number of amides is 1. The summed E-state index contributed by atoms with van der Waals surface area (Å²) in [4.78, 5) is 14.3. The highest BCUT2D eigenvalue weighted by Crippen LogP contribution is 2.22. The fraction of sp³-hybridized carbons (Fsp3) is 0.471. The van der Waals surface area contributed by atoms with Crippen LogP contribution < -0.4 is 4.74 Å². The highest BCUT2D eigenvalue weighted by Gasteiger charge is 2.36. The Kier molecular flexibility index (Phi) is 5.02. The monoisotopic (exact) mass is 289 g/mol. The highest BCUT2D eigenvalue weighted by atomic mass is 16.5. The van der Waals surface area contributed by atoms with Crippen LogP contribution in [0.25, 0.3) is 0 Å². The molecule has 1 atom stereocenters. The summed E-state index contributed by atoms with van der Waals surface area (Å²) in [5.41, 5.74) is -0.657. The van der Waals surface area contributed by atoms with E-state index in [1.54, 1.807) is 12.0 Å². The van der Waals surface area contributed by atoms with E-state index in [2.05, 4.69) is 6.58 Å². The van der Waals surface area contributed by atoms with Crippen molar-refractivity contribution in [2.45, 2.75) is 31.3 Å². The van der Waals surface area contributed by atoms with Gasteiger partial charge in [0.15, 0.2) is 5.60 Å². The van der Waals surface area contributed by atoms with Crippen LogP contribution in [0.2, 0.25) is 0 Å². The van der Waals surface area contributed by atoms with E-state index in [-0.39, 0.29) is 12.3 Å². The lowest BCUT2D eigenvalue weighted by Gasteiger charge is -2.33. The Balaban J connectivity index is 2.11. The van der Waals surface area contributed by atoms with Crippen LogP contribution in [0.4, 0.5) is 0 Å². The van der Waals surface area contributed by atoms with Crippen LogP contribution in [0.1, 0.15) is 24.8 Å². The van der Waals surface area contributed by atoms with Gasteiger partial charge >= 0.3 is 0 Å². The summed E-state index contributed by atoms with van der Waals surface area (Å²) in [6, 6.07) is 7.36. The van der Waals surface area contributed by atoms with Crippen LogP contribution in [-0.4, -0.2) is 41.7 Å². The quantitative estimate of drug-likeness (QED) is 0.845. The summed E-state index contributed by atoms with van der Waals surface area (Å²) in [5.74, 6) is 0.510. The maximum atomic E-state index is 12.6. The van der Waals surface area contributed by atoms with Gasteiger partial charge in [-0.25, -0.2) is 0 Å². The molecule has 2 rings (SSSR count). The van der Waals surface area contributed by atoms with Crippen molar-refractivity contribution >= 4 is 5.91 Å². The molecule has 0 saturated carbocycles. The second kappa shape index (κ2) is 6.76. The summed E-state index contributed by atoms with van der Waals surface area (Å²) in [6.07, 6.45) is 4.74. The topological polar surface area (TPSA) is 49.8 Å². The minimum absolute atomic E-state index is 0.232. The van der Waals surface area contributed by atoms with E-state index in [1.807, 2.05) is 24.3 Å². The molecule has 1 aliphatic heterocycles. The van der Waals surface area contributed by atoms with Gasteiger partial charge in [0.25, 0.3) is 5.91 Å². The molecule has 114 valence electrons. The average Bonchev–Trinajstić information content (AvgIpc) is 2.55. The third-order valence-corrected chi connectivity index (χ3v) is 3.98. The molecule has 1 amide bonds. The maximum Gasteiger partial charge on any atom is 0.258 e. The Morgan fingerprint density at radius 3 is 2.48 bits per heavy atom. The molecule has 1 aromatic rings. The number of hydrogen-bond donors (Lipinski definition) is 1. The fourth-order valence-corrected chi connectivity index (χ4v) is 2.66. The molecular formula is C17H23NO3. The number of methoxy groups -OCH3 is 1. The molecule has 4 nitrogen and oxygen atoms in total. The number of ether oxygens (including phenoxy) is 1. The lowest BCUT2D eigenvalue weighted by atomic mass is 9.92. The standard InChI is InChI=1S/C17H23NO3/c1-3-17(20,16(19)18-11-5-4-6-12-18)13-14-7-9-15(21-2)10-8-14/h3,7-10,20H,1,4-6,11-13H2,2H3. The molecule has 1 unspecified atom stereocenters. The predicted molar refractivity (Wildman–Crippen MR) is 82.3 cm³/mol. The second-order valence-electron chi connectivity index (χ2n) is 5.51. The van der Waals surface area contributed by atoms with E-state index in [9.17, 15) is 9.90 Å². The number of nitrogens with zero attached hydrogens (tertiary/aromatic N) is 1. The van der Waals surface area contributed by atoms with Gasteiger partial charge in [0.2, 0.25) is 0 Å². The van der Waals surface area contributed by atoms with E-state index in [0.717, 1.165) is 43.7 Å². The van der Waals surface area contributed by atoms with Gasteiger partial charge in [-0.15, -0.1) is 0 Å². The summed E-state index contributed by atoms with van der Waals surface area (Å²) in [7, 11) is 1.61. The molecule has 0 radical (unpaired) electrons. The van der Waals surface area contributed by atoms with Crippen molar-refractivity contribution in [1.29, 1.82) is 0 Å². The van der Waals surface area contributed by atoms with E-state index < -0.39 is 5.60 Å². The molecule has 0 aliphatic carbocycles. The first-order valence-electron chi connectivity index (χ1n) is 7.37. The molecular weight excluding hydrogens is 266 g/mol. The Bertz CT molecular complexity index is 491. The lowest BCUT2D eigenvalue weighted by Crippen LogP contribution is -2.50. The molecule has 1 N–H and O–H groups in total. The largest absolute Gasteiger partial charge is 0.497 e. The third-order valence-electron chi connectivity index (χ3n) is 3.98. The van der Waals surface area contributed by atoms with Crippen LogP contribution in [0.15, 0.2) is 36.9 Å². The third kappa shape index (κ3) is 3.64. The molecule has 0 spiro atoms. The van der Waals surface area contributed by atoms with Crippen molar-refractivity contribution in [3.8, 4) is 5.75 Å². The van der Waals surface area contributed by atoms with Crippen LogP contribution >= 0.6 is 0 Å². The van der Waals surface area contributed by atoms with Crippen molar-refractivity contribution in [3.05, 3.63) is 42.5 Å². The van der Waals surface area contributed by atoms with Gasteiger partial charge in [-0.05, 0) is 37.0 Å². The summed E-state index contributed by atoms with van der Waals surface area (Å²) < 4.78 is 5.11. The predicted octanol–water partition coefficient (Wildman–Crippen LogP) is 2.17. The van der Waals surface area contributed by atoms with Gasteiger partial charge in [-0.1, -0.05) is 24.8 Å². The molecule has 1 fully saturated rings. The van der Waals surface area contributed by atoms with Gasteiger partial charge in [0.1, 0.15) is 5.75 Å². The van der Waals surface area contributed by atoms with Crippen molar-refractivity contribution in [1.82, 2.24) is 4.90 Å². The van der Waals surface area contributed by atoms with E-state index in [0.29, 0.717) is 0 Å². The second-order valence-corrected chi connectivity index (χ2v) is 5.51. The SMILES string of the molecule is C=CC(O)(Cc1ccc(OC)cc1)C(=O)N1CCCCC1. The van der Waals surface area contributed by atoms with Crippen LogP contribution in [0, 0.1) is 0 Å². The van der Waals surface area contributed by atoms with Crippen molar-refractivity contribution in [2.75, 3.05) is 20.2 Å². The first-order chi connectivity index (χ1) is 10.1. The Morgan fingerprint density at radius 1 is 1.33 bits per heavy atom. The first-order valence-corrected chi connectivity index (χ1v) is 7.37. The van der Waals surface area contributed by atoms with E-state index in [1.165, 1.54) is 6.08 Å². The normalized spacial score (nSPS) is 17.9. The summed E-state index contributed by atoms with van der Waals surface area (Å²) in [5, 5.41) is 10.7. The Morgan fingerprint density at radius 2 is 1.95 bits per heavy atom.